The van der Waals surface area contributed by atoms with Gasteiger partial charge in [-0.25, -0.2) is 9.59 Å². The van der Waals surface area contributed by atoms with Gasteiger partial charge in [-0.1, -0.05) is 84.4 Å². The molecule has 1 heterocycles. The Balaban J connectivity index is 1.36. The van der Waals surface area contributed by atoms with Crippen molar-refractivity contribution in [3.05, 3.63) is 129 Å². The molecule has 8 nitrogen and oxygen atoms in total. The van der Waals surface area contributed by atoms with Gasteiger partial charge in [0, 0.05) is 16.4 Å². The molecule has 0 radical (unpaired) electrons. The number of nitrogens with zero attached hydrogens (tertiary/aromatic N) is 1. The molecule has 0 aromatic heterocycles. The molecule has 44 heavy (non-hydrogen) atoms. The fraction of sp³-hybridized carbons (Fsp3) is 0.286. The van der Waals surface area contributed by atoms with Crippen LogP contribution in [0.5, 0.6) is 0 Å². The molecule has 0 saturated heterocycles. The van der Waals surface area contributed by atoms with Crippen LogP contribution in [0.25, 0.3) is 0 Å². The van der Waals surface area contributed by atoms with Gasteiger partial charge in [0.05, 0.1) is 49.4 Å². The molecule has 1 N–H and O–H groups in total. The minimum absolute atomic E-state index is 0.00330. The average molecular weight is 615 g/mol. The number of nitriles is 1. The number of dihydropyridines is 1. The van der Waals surface area contributed by atoms with Crippen molar-refractivity contribution in [1.82, 2.24) is 5.32 Å². The summed E-state index contributed by atoms with van der Waals surface area (Å²) in [5.74, 6) is -2.00. The van der Waals surface area contributed by atoms with Crippen LogP contribution in [0, 0.1) is 11.3 Å². The summed E-state index contributed by atoms with van der Waals surface area (Å²) in [7, 11) is 0. The van der Waals surface area contributed by atoms with Gasteiger partial charge in [0.2, 0.25) is 0 Å². The predicted octanol–water partition coefficient (Wildman–Crippen LogP) is 6.40. The highest BCUT2D eigenvalue weighted by molar-refractivity contribution is 6.30. The fourth-order valence-electron chi connectivity index (χ4n) is 5.06. The number of rotatable bonds is 14. The van der Waals surface area contributed by atoms with E-state index in [1.54, 1.807) is 38.1 Å². The van der Waals surface area contributed by atoms with E-state index in [9.17, 15) is 9.59 Å². The number of hydrogen-bond donors (Lipinski definition) is 1. The Bertz CT molecular complexity index is 1490. The molecule has 228 valence electrons. The Labute approximate surface area is 262 Å². The second kappa shape index (κ2) is 16.4. The summed E-state index contributed by atoms with van der Waals surface area (Å²) in [6.07, 6.45) is -0.172. The van der Waals surface area contributed by atoms with Crippen molar-refractivity contribution in [2.75, 3.05) is 33.0 Å². The summed E-state index contributed by atoms with van der Waals surface area (Å²) < 4.78 is 22.9. The number of allylic oxidation sites excluding steroid dienone is 2. The van der Waals surface area contributed by atoms with E-state index < -0.39 is 17.9 Å². The summed E-state index contributed by atoms with van der Waals surface area (Å²) in [5, 5.41) is 12.4. The maximum Gasteiger partial charge on any atom is 0.336 e. The van der Waals surface area contributed by atoms with Crippen LogP contribution in [-0.2, 0) is 28.5 Å². The van der Waals surface area contributed by atoms with Crippen molar-refractivity contribution in [3.63, 3.8) is 0 Å². The predicted molar refractivity (Wildman–Crippen MR) is 166 cm³/mol. The first-order chi connectivity index (χ1) is 21.4. The zero-order valence-electron chi connectivity index (χ0n) is 24.8. The minimum atomic E-state index is -0.778. The van der Waals surface area contributed by atoms with Crippen molar-refractivity contribution in [2.45, 2.75) is 32.3 Å². The van der Waals surface area contributed by atoms with Crippen LogP contribution in [0.4, 0.5) is 0 Å². The molecule has 3 aromatic carbocycles. The van der Waals surface area contributed by atoms with Crippen molar-refractivity contribution in [1.29, 1.82) is 5.26 Å². The molecule has 1 aliphatic heterocycles. The molecule has 0 amide bonds. The molecule has 1 unspecified atom stereocenters. The molecule has 0 bridgehead atoms. The molecule has 3 aromatic rings. The summed E-state index contributed by atoms with van der Waals surface area (Å²) in [4.78, 5) is 26.6. The molecule has 4 rings (SSSR count). The van der Waals surface area contributed by atoms with E-state index in [4.69, 9.17) is 35.8 Å². The Hall–Kier alpha value is -4.42. The van der Waals surface area contributed by atoms with Crippen molar-refractivity contribution >= 4 is 23.5 Å². The lowest BCUT2D eigenvalue weighted by Gasteiger charge is -2.30. The highest BCUT2D eigenvalue weighted by atomic mass is 35.5. The minimum Gasteiger partial charge on any atom is -0.461 e. The van der Waals surface area contributed by atoms with E-state index in [0.717, 1.165) is 11.1 Å². The van der Waals surface area contributed by atoms with Crippen LogP contribution in [-0.4, -0.2) is 45.0 Å². The summed E-state index contributed by atoms with van der Waals surface area (Å²) in [6.45, 7) is 4.24. The van der Waals surface area contributed by atoms with Crippen molar-refractivity contribution in [2.24, 2.45) is 0 Å². The maximum absolute atomic E-state index is 13.5. The van der Waals surface area contributed by atoms with E-state index in [0.29, 0.717) is 35.2 Å². The van der Waals surface area contributed by atoms with Crippen LogP contribution in [0.2, 0.25) is 5.02 Å². The van der Waals surface area contributed by atoms with Crippen LogP contribution >= 0.6 is 11.6 Å². The summed E-state index contributed by atoms with van der Waals surface area (Å²) in [6, 6.07) is 28.9. The molecule has 9 heteroatoms. The van der Waals surface area contributed by atoms with Gasteiger partial charge in [0.15, 0.2) is 0 Å². The van der Waals surface area contributed by atoms with Gasteiger partial charge in [-0.15, -0.1) is 0 Å². The van der Waals surface area contributed by atoms with Crippen LogP contribution in [0.3, 0.4) is 0 Å². The second-order valence-corrected chi connectivity index (χ2v) is 10.5. The molecule has 1 aliphatic rings. The normalized spacial score (nSPS) is 14.7. The van der Waals surface area contributed by atoms with Gasteiger partial charge in [-0.05, 0) is 42.7 Å². The van der Waals surface area contributed by atoms with Crippen LogP contribution < -0.4 is 5.32 Å². The molecule has 0 aliphatic carbocycles. The SMILES string of the molecule is CC1=C(C(=O)OCCC#N)C(c2cccc(Cl)c2)C(C(=O)OCCOCCOC(c2ccccc2)c2ccccc2)=C(C)N1. The lowest BCUT2D eigenvalue weighted by Crippen LogP contribution is -2.33. The molecule has 0 fully saturated rings. The number of halogens is 1. The topological polar surface area (TPSA) is 107 Å². The molecular weight excluding hydrogens is 580 g/mol. The quantitative estimate of drug-likeness (QED) is 0.164. The average Bonchev–Trinajstić information content (AvgIpc) is 3.02. The molecular formula is C35H35ClN2O6. The number of hydrogen-bond acceptors (Lipinski definition) is 8. The molecule has 0 spiro atoms. The Morgan fingerprint density at radius 3 is 1.93 bits per heavy atom. The zero-order valence-corrected chi connectivity index (χ0v) is 25.5. The standard InChI is InChI=1S/C35H35ClN2O6/c1-24-30(34(39)43-18-10-17-37)32(28-15-9-16-29(36)23-28)31(25(2)38-24)35(40)44-22-20-41-19-21-42-33(26-11-5-3-6-12-26)27-13-7-4-8-14-27/h3-9,11-16,23,32-33,38H,10,18-22H2,1-2H3. The van der Waals surface area contributed by atoms with Gasteiger partial charge in [-0.2, -0.15) is 5.26 Å². The third-order valence-electron chi connectivity index (χ3n) is 7.01. The maximum atomic E-state index is 13.5. The number of esters is 2. The first kappa shape index (κ1) is 32.5. The number of nitrogens with one attached hydrogen (secondary N) is 1. The van der Waals surface area contributed by atoms with Crippen molar-refractivity contribution < 1.29 is 28.5 Å². The van der Waals surface area contributed by atoms with Gasteiger partial charge in [0.25, 0.3) is 0 Å². The van der Waals surface area contributed by atoms with Gasteiger partial charge < -0.3 is 24.3 Å². The summed E-state index contributed by atoms with van der Waals surface area (Å²) in [5.41, 5.74) is 4.33. The van der Waals surface area contributed by atoms with E-state index in [2.05, 4.69) is 5.32 Å². The largest absolute Gasteiger partial charge is 0.461 e. The van der Waals surface area contributed by atoms with Gasteiger partial charge in [0.1, 0.15) is 19.3 Å². The summed E-state index contributed by atoms with van der Waals surface area (Å²) >= 11 is 6.28. The highest BCUT2D eigenvalue weighted by Crippen LogP contribution is 2.40. The number of carbonyl (C=O) groups is 2. The molecule has 0 saturated carbocycles. The number of benzene rings is 3. The third kappa shape index (κ3) is 8.57. The lowest BCUT2D eigenvalue weighted by molar-refractivity contribution is -0.141. The van der Waals surface area contributed by atoms with Crippen molar-refractivity contribution in [3.8, 4) is 6.07 Å². The number of carbonyl (C=O) groups excluding carboxylic acids is 2. The smallest absolute Gasteiger partial charge is 0.336 e. The number of ether oxygens (including phenoxy) is 4. The van der Waals surface area contributed by atoms with E-state index >= 15 is 0 Å². The Morgan fingerprint density at radius 2 is 1.36 bits per heavy atom. The van der Waals surface area contributed by atoms with Crippen LogP contribution in [0.1, 0.15) is 49.0 Å². The first-order valence-corrected chi connectivity index (χ1v) is 14.7. The van der Waals surface area contributed by atoms with E-state index in [1.807, 2.05) is 66.7 Å². The third-order valence-corrected chi connectivity index (χ3v) is 7.24. The van der Waals surface area contributed by atoms with Gasteiger partial charge in [-0.3, -0.25) is 0 Å². The molecule has 1 atom stereocenters. The van der Waals surface area contributed by atoms with E-state index in [-0.39, 0.29) is 43.5 Å². The first-order valence-electron chi connectivity index (χ1n) is 14.3. The fourth-order valence-corrected chi connectivity index (χ4v) is 5.26. The lowest BCUT2D eigenvalue weighted by atomic mass is 9.80. The Morgan fingerprint density at radius 1 is 0.795 bits per heavy atom. The van der Waals surface area contributed by atoms with Crippen LogP contribution in [0.15, 0.2) is 107 Å². The monoisotopic (exact) mass is 614 g/mol. The second-order valence-electron chi connectivity index (χ2n) is 10.1. The highest BCUT2D eigenvalue weighted by Gasteiger charge is 2.38. The van der Waals surface area contributed by atoms with E-state index in [1.165, 1.54) is 0 Å². The zero-order chi connectivity index (χ0) is 31.3. The Kier molecular flexibility index (Phi) is 12.1. The van der Waals surface area contributed by atoms with Gasteiger partial charge >= 0.3 is 11.9 Å².